The minimum absolute atomic E-state index is 0.0610. The second kappa shape index (κ2) is 3.93. The summed E-state index contributed by atoms with van der Waals surface area (Å²) in [5.41, 5.74) is 1.13. The van der Waals surface area contributed by atoms with Gasteiger partial charge in [-0.25, -0.2) is 0 Å². The molecule has 0 radical (unpaired) electrons. The van der Waals surface area contributed by atoms with Gasteiger partial charge in [-0.3, -0.25) is 0 Å². The molecule has 0 spiro atoms. The van der Waals surface area contributed by atoms with E-state index in [9.17, 15) is 0 Å². The van der Waals surface area contributed by atoms with Crippen molar-refractivity contribution >= 4 is 0 Å². The van der Waals surface area contributed by atoms with Crippen molar-refractivity contribution in [1.29, 1.82) is 0 Å². The third-order valence-corrected chi connectivity index (χ3v) is 1.83. The van der Waals surface area contributed by atoms with E-state index >= 15 is 0 Å². The molecule has 0 aliphatic heterocycles. The number of allylic oxidation sites excluding steroid dienone is 3. The molecule has 1 rings (SSSR count). The van der Waals surface area contributed by atoms with Crippen LogP contribution in [-0.4, -0.2) is 11.7 Å². The Balaban J connectivity index is 2.48. The first-order chi connectivity index (χ1) is 6.01. The smallest absolute Gasteiger partial charge is 0.0800 e. The summed E-state index contributed by atoms with van der Waals surface area (Å²) in [5, 5.41) is 0. The van der Waals surface area contributed by atoms with Gasteiger partial charge in [-0.1, -0.05) is 30.9 Å². The molecule has 0 saturated heterocycles. The Hall–Kier alpha value is -0.820. The maximum absolute atomic E-state index is 5.81. The lowest BCUT2D eigenvalue weighted by molar-refractivity contribution is -0.0368. The molecule has 1 aliphatic rings. The van der Waals surface area contributed by atoms with Crippen molar-refractivity contribution in [2.75, 3.05) is 0 Å². The predicted molar refractivity (Wildman–Crippen MR) is 56.7 cm³/mol. The molecule has 0 heterocycles. The van der Waals surface area contributed by atoms with E-state index in [1.165, 1.54) is 5.57 Å². The molecule has 72 valence electrons. The lowest BCUT2D eigenvalue weighted by atomic mass is 10.0. The van der Waals surface area contributed by atoms with Gasteiger partial charge in [0.05, 0.1) is 11.7 Å². The van der Waals surface area contributed by atoms with Crippen molar-refractivity contribution in [3.05, 3.63) is 36.5 Å². The third kappa shape index (κ3) is 3.60. The van der Waals surface area contributed by atoms with Crippen molar-refractivity contribution < 1.29 is 4.74 Å². The number of hydrogen-bond donors (Lipinski definition) is 0. The summed E-state index contributed by atoms with van der Waals surface area (Å²) in [7, 11) is 0. The first-order valence-electron chi connectivity index (χ1n) is 4.70. The Bertz CT molecular complexity index is 240. The summed E-state index contributed by atoms with van der Waals surface area (Å²) in [6.45, 7) is 9.95. The Morgan fingerprint density at radius 1 is 1.54 bits per heavy atom. The second-order valence-corrected chi connectivity index (χ2v) is 4.27. The summed E-state index contributed by atoms with van der Waals surface area (Å²) in [6, 6.07) is 0. The van der Waals surface area contributed by atoms with Crippen LogP contribution in [0.3, 0.4) is 0 Å². The van der Waals surface area contributed by atoms with Gasteiger partial charge in [0.15, 0.2) is 0 Å². The van der Waals surface area contributed by atoms with Gasteiger partial charge in [-0.05, 0) is 32.8 Å². The van der Waals surface area contributed by atoms with Gasteiger partial charge in [0.1, 0.15) is 0 Å². The van der Waals surface area contributed by atoms with E-state index < -0.39 is 0 Å². The molecule has 1 unspecified atom stereocenters. The molecule has 1 atom stereocenters. The lowest BCUT2D eigenvalue weighted by Gasteiger charge is -2.26. The van der Waals surface area contributed by atoms with Gasteiger partial charge < -0.3 is 4.74 Å². The van der Waals surface area contributed by atoms with E-state index in [1.807, 2.05) is 6.08 Å². The molecule has 0 aromatic heterocycles. The molecule has 0 saturated carbocycles. The van der Waals surface area contributed by atoms with Crippen LogP contribution in [0.4, 0.5) is 0 Å². The molecular formula is C12H18O. The molecule has 0 aromatic carbocycles. The molecule has 0 fully saturated rings. The van der Waals surface area contributed by atoms with E-state index in [-0.39, 0.29) is 11.7 Å². The Morgan fingerprint density at radius 3 is 2.62 bits per heavy atom. The molecule has 1 aliphatic carbocycles. The molecule has 13 heavy (non-hydrogen) atoms. The van der Waals surface area contributed by atoms with Gasteiger partial charge in [-0.2, -0.15) is 0 Å². The summed E-state index contributed by atoms with van der Waals surface area (Å²) in [6.07, 6.45) is 9.36. The van der Waals surface area contributed by atoms with Crippen LogP contribution in [0.15, 0.2) is 36.5 Å². The fraction of sp³-hybridized carbons (Fsp3) is 0.500. The van der Waals surface area contributed by atoms with E-state index in [1.54, 1.807) is 0 Å². The van der Waals surface area contributed by atoms with Crippen molar-refractivity contribution in [2.45, 2.75) is 38.9 Å². The maximum Gasteiger partial charge on any atom is 0.0800 e. The summed E-state index contributed by atoms with van der Waals surface area (Å²) < 4.78 is 5.81. The van der Waals surface area contributed by atoms with Gasteiger partial charge in [0, 0.05) is 0 Å². The minimum Gasteiger partial charge on any atom is -0.368 e. The molecule has 0 aromatic rings. The van der Waals surface area contributed by atoms with Gasteiger partial charge >= 0.3 is 0 Å². The van der Waals surface area contributed by atoms with Crippen LogP contribution in [0.25, 0.3) is 0 Å². The van der Waals surface area contributed by atoms with Crippen LogP contribution in [-0.2, 0) is 4.74 Å². The fourth-order valence-corrected chi connectivity index (χ4v) is 1.31. The minimum atomic E-state index is -0.0610. The normalized spacial score (nSPS) is 22.7. The zero-order valence-corrected chi connectivity index (χ0v) is 8.71. The van der Waals surface area contributed by atoms with E-state index in [0.29, 0.717) is 0 Å². The van der Waals surface area contributed by atoms with Crippen LogP contribution < -0.4 is 0 Å². The topological polar surface area (TPSA) is 9.23 Å². The van der Waals surface area contributed by atoms with Crippen molar-refractivity contribution in [3.8, 4) is 0 Å². The van der Waals surface area contributed by atoms with Crippen LogP contribution in [0.1, 0.15) is 27.2 Å². The van der Waals surface area contributed by atoms with E-state index in [0.717, 1.165) is 6.42 Å². The number of rotatable bonds is 2. The Kier molecular flexibility index (Phi) is 3.10. The molecule has 0 amide bonds. The van der Waals surface area contributed by atoms with Crippen molar-refractivity contribution in [2.24, 2.45) is 0 Å². The largest absolute Gasteiger partial charge is 0.368 e. The van der Waals surface area contributed by atoms with Crippen LogP contribution >= 0.6 is 0 Å². The monoisotopic (exact) mass is 178 g/mol. The summed E-state index contributed by atoms with van der Waals surface area (Å²) >= 11 is 0. The predicted octanol–water partition coefficient (Wildman–Crippen LogP) is 3.24. The Labute approximate surface area is 80.8 Å². The Morgan fingerprint density at radius 2 is 2.23 bits per heavy atom. The summed E-state index contributed by atoms with van der Waals surface area (Å²) in [4.78, 5) is 0. The highest BCUT2D eigenvalue weighted by molar-refractivity contribution is 5.32. The highest BCUT2D eigenvalue weighted by Gasteiger charge is 2.17. The van der Waals surface area contributed by atoms with Gasteiger partial charge in [0.2, 0.25) is 0 Å². The van der Waals surface area contributed by atoms with Crippen LogP contribution in [0.2, 0.25) is 0 Å². The second-order valence-electron chi connectivity index (χ2n) is 4.27. The highest BCUT2D eigenvalue weighted by Crippen LogP contribution is 2.19. The van der Waals surface area contributed by atoms with E-state index in [4.69, 9.17) is 4.74 Å². The first kappa shape index (κ1) is 10.3. The average molecular weight is 178 g/mol. The summed E-state index contributed by atoms with van der Waals surface area (Å²) in [5.74, 6) is 0. The van der Waals surface area contributed by atoms with Crippen LogP contribution in [0, 0.1) is 0 Å². The molecule has 0 bridgehead atoms. The van der Waals surface area contributed by atoms with Crippen molar-refractivity contribution in [3.63, 3.8) is 0 Å². The lowest BCUT2D eigenvalue weighted by Crippen LogP contribution is -2.26. The number of hydrogen-bond acceptors (Lipinski definition) is 1. The van der Waals surface area contributed by atoms with E-state index in [2.05, 4.69) is 45.6 Å². The zero-order chi connectivity index (χ0) is 9.90. The fourth-order valence-electron chi connectivity index (χ4n) is 1.31. The van der Waals surface area contributed by atoms with Crippen molar-refractivity contribution in [1.82, 2.24) is 0 Å². The molecule has 1 heteroatoms. The average Bonchev–Trinajstić information content (AvgIpc) is 2.03. The van der Waals surface area contributed by atoms with Crippen LogP contribution in [0.5, 0.6) is 0 Å². The highest BCUT2D eigenvalue weighted by atomic mass is 16.5. The number of ether oxygens (including phenoxy) is 1. The van der Waals surface area contributed by atoms with Gasteiger partial charge in [-0.15, -0.1) is 0 Å². The zero-order valence-electron chi connectivity index (χ0n) is 8.71. The molecule has 1 nitrogen and oxygen atoms in total. The third-order valence-electron chi connectivity index (χ3n) is 1.83. The quantitative estimate of drug-likeness (QED) is 0.630. The van der Waals surface area contributed by atoms with Gasteiger partial charge in [0.25, 0.3) is 0 Å². The molecule has 0 N–H and O–H groups in total. The maximum atomic E-state index is 5.81. The first-order valence-corrected chi connectivity index (χ1v) is 4.70. The SMILES string of the molecule is C=CC1=CCC(OC(C)(C)C)C=C1. The molecular weight excluding hydrogens is 160 g/mol. The standard InChI is InChI=1S/C12H18O/c1-5-10-6-8-11(9-7-10)13-12(2,3)4/h5-8,11H,1,9H2,2-4H3.